The van der Waals surface area contributed by atoms with E-state index in [-0.39, 0.29) is 27.2 Å². The first-order valence-corrected chi connectivity index (χ1v) is 15.4. The Morgan fingerprint density at radius 3 is 2.00 bits per heavy atom. The molecule has 220 valence electrons. The maximum absolute atomic E-state index is 13.9. The highest BCUT2D eigenvalue weighted by Crippen LogP contribution is 2.33. The van der Waals surface area contributed by atoms with Gasteiger partial charge in [0.05, 0.1) is 29.7 Å². The van der Waals surface area contributed by atoms with E-state index in [9.17, 15) is 21.6 Å². The third kappa shape index (κ3) is 6.95. The van der Waals surface area contributed by atoms with E-state index in [0.717, 1.165) is 15.4 Å². The Balaban J connectivity index is 1.60. The predicted octanol–water partition coefficient (Wildman–Crippen LogP) is 3.75. The lowest BCUT2D eigenvalue weighted by molar-refractivity contribution is -0.114. The number of rotatable bonds is 11. The lowest BCUT2D eigenvalue weighted by Crippen LogP contribution is -2.38. The second-order valence-corrected chi connectivity index (χ2v) is 12.7. The number of carbonyl (C=O) groups excluding carboxylic acids is 1. The van der Waals surface area contributed by atoms with Crippen molar-refractivity contribution in [1.82, 2.24) is 9.97 Å². The molecule has 0 fully saturated rings. The van der Waals surface area contributed by atoms with E-state index in [1.165, 1.54) is 69.1 Å². The number of methoxy groups -OCH3 is 2. The van der Waals surface area contributed by atoms with Crippen molar-refractivity contribution < 1.29 is 31.1 Å². The minimum absolute atomic E-state index is 0.0826. The van der Waals surface area contributed by atoms with Crippen molar-refractivity contribution in [3.8, 4) is 11.5 Å². The highest BCUT2D eigenvalue weighted by Gasteiger charge is 2.29. The number of carbonyl (C=O) groups is 1. The summed E-state index contributed by atoms with van der Waals surface area (Å²) < 4.78 is 66.9. The van der Waals surface area contributed by atoms with Crippen molar-refractivity contribution >= 4 is 43.3 Å². The van der Waals surface area contributed by atoms with Crippen molar-refractivity contribution in [2.45, 2.75) is 23.6 Å². The molecule has 42 heavy (non-hydrogen) atoms. The first-order chi connectivity index (χ1) is 19.9. The molecule has 3 aromatic carbocycles. The van der Waals surface area contributed by atoms with Gasteiger partial charge >= 0.3 is 0 Å². The summed E-state index contributed by atoms with van der Waals surface area (Å²) in [5.74, 6) is -0.169. The number of aromatic nitrogens is 2. The lowest BCUT2D eigenvalue weighted by atomic mass is 10.1. The van der Waals surface area contributed by atoms with E-state index in [0.29, 0.717) is 11.4 Å². The molecule has 14 heteroatoms. The van der Waals surface area contributed by atoms with Crippen LogP contribution in [0.25, 0.3) is 0 Å². The van der Waals surface area contributed by atoms with Gasteiger partial charge in [0, 0.05) is 24.1 Å². The van der Waals surface area contributed by atoms with Crippen LogP contribution in [0.5, 0.6) is 11.5 Å². The number of benzene rings is 3. The lowest BCUT2D eigenvalue weighted by Gasteiger charge is -2.25. The Hall–Kier alpha value is -4.69. The number of nitrogens with one attached hydrogen (secondary N) is 2. The molecule has 2 N–H and O–H groups in total. The van der Waals surface area contributed by atoms with Gasteiger partial charge in [0.1, 0.15) is 6.54 Å². The number of amides is 1. The van der Waals surface area contributed by atoms with Crippen molar-refractivity contribution in [2.24, 2.45) is 0 Å². The van der Waals surface area contributed by atoms with Crippen LogP contribution in [0.3, 0.4) is 0 Å². The summed E-state index contributed by atoms with van der Waals surface area (Å²) in [4.78, 5) is 20.7. The van der Waals surface area contributed by atoms with Crippen LogP contribution in [0.2, 0.25) is 0 Å². The van der Waals surface area contributed by atoms with Crippen LogP contribution >= 0.6 is 0 Å². The molecule has 0 unspecified atom stereocenters. The second-order valence-electron chi connectivity index (χ2n) is 9.12. The van der Waals surface area contributed by atoms with Gasteiger partial charge in [-0.3, -0.25) is 9.10 Å². The average molecular weight is 612 g/mol. The summed E-state index contributed by atoms with van der Waals surface area (Å²) in [5.41, 5.74) is 2.18. The molecule has 0 bridgehead atoms. The van der Waals surface area contributed by atoms with Gasteiger partial charge in [0.25, 0.3) is 20.0 Å². The van der Waals surface area contributed by atoms with Crippen LogP contribution in [-0.2, 0) is 24.8 Å². The molecule has 1 aromatic heterocycles. The summed E-state index contributed by atoms with van der Waals surface area (Å²) in [6.45, 7) is 3.09. The standard InChI is InChI=1S/C28H29N5O7S2/c1-19-14-20(2)16-22(15-19)33(42(37,38)24-10-11-25(39-3)26(17-24)40-4)18-27(34)31-21-6-8-23(9-7-21)41(35,36)32-28-29-12-5-13-30-28/h5-17H,18H2,1-4H3,(H,31,34)(H,29,30,32). The normalized spacial score (nSPS) is 11.4. The summed E-state index contributed by atoms with van der Waals surface area (Å²) in [7, 11) is -5.39. The summed E-state index contributed by atoms with van der Waals surface area (Å²) in [6.07, 6.45) is 2.80. The summed E-state index contributed by atoms with van der Waals surface area (Å²) in [6, 6.07) is 16.3. The SMILES string of the molecule is COc1ccc(S(=O)(=O)N(CC(=O)Nc2ccc(S(=O)(=O)Nc3ncccn3)cc2)c2cc(C)cc(C)c2)cc1OC. The van der Waals surface area contributed by atoms with Gasteiger partial charge in [-0.1, -0.05) is 6.07 Å². The third-order valence-corrected chi connectivity index (χ3v) is 9.08. The Morgan fingerprint density at radius 1 is 0.810 bits per heavy atom. The Kier molecular flexibility index (Phi) is 8.97. The second kappa shape index (κ2) is 12.4. The monoisotopic (exact) mass is 611 g/mol. The van der Waals surface area contributed by atoms with Gasteiger partial charge in [-0.2, -0.15) is 0 Å². The van der Waals surface area contributed by atoms with Crippen molar-refractivity contribution in [3.63, 3.8) is 0 Å². The van der Waals surface area contributed by atoms with Crippen LogP contribution < -0.4 is 23.8 Å². The van der Waals surface area contributed by atoms with Gasteiger partial charge < -0.3 is 14.8 Å². The molecule has 0 aliphatic heterocycles. The zero-order chi connectivity index (χ0) is 30.5. The number of aryl methyl sites for hydroxylation is 2. The molecule has 4 aromatic rings. The maximum Gasteiger partial charge on any atom is 0.264 e. The fourth-order valence-corrected chi connectivity index (χ4v) is 6.47. The molecule has 12 nitrogen and oxygen atoms in total. The average Bonchev–Trinajstić information content (AvgIpc) is 2.95. The Morgan fingerprint density at radius 2 is 1.40 bits per heavy atom. The number of ether oxygens (including phenoxy) is 2. The van der Waals surface area contributed by atoms with Crippen LogP contribution in [0, 0.1) is 13.8 Å². The number of hydrogen-bond donors (Lipinski definition) is 2. The minimum atomic E-state index is -4.25. The van der Waals surface area contributed by atoms with Gasteiger partial charge in [-0.05, 0) is 79.6 Å². The van der Waals surface area contributed by atoms with Crippen molar-refractivity contribution in [1.29, 1.82) is 0 Å². The van der Waals surface area contributed by atoms with Gasteiger partial charge in [0.2, 0.25) is 11.9 Å². The third-order valence-electron chi connectivity index (χ3n) is 5.96. The number of anilines is 3. The molecule has 4 rings (SSSR count). The van der Waals surface area contributed by atoms with E-state index in [4.69, 9.17) is 9.47 Å². The highest BCUT2D eigenvalue weighted by atomic mass is 32.2. The molecule has 0 radical (unpaired) electrons. The molecular formula is C28H29N5O7S2. The van der Waals surface area contributed by atoms with Crippen LogP contribution in [0.15, 0.2) is 88.9 Å². The minimum Gasteiger partial charge on any atom is -0.493 e. The maximum atomic E-state index is 13.9. The predicted molar refractivity (Wildman–Crippen MR) is 158 cm³/mol. The van der Waals surface area contributed by atoms with Gasteiger partial charge in [-0.25, -0.2) is 31.5 Å². The van der Waals surface area contributed by atoms with Crippen molar-refractivity contribution in [3.05, 3.63) is 90.3 Å². The molecule has 0 saturated heterocycles. The zero-order valence-electron chi connectivity index (χ0n) is 23.2. The zero-order valence-corrected chi connectivity index (χ0v) is 24.9. The molecular weight excluding hydrogens is 582 g/mol. The molecule has 0 spiro atoms. The van der Waals surface area contributed by atoms with Gasteiger partial charge in [-0.15, -0.1) is 0 Å². The van der Waals surface area contributed by atoms with Crippen LogP contribution in [0.1, 0.15) is 11.1 Å². The first kappa shape index (κ1) is 30.3. The molecule has 0 saturated carbocycles. The topological polar surface area (TPSA) is 157 Å². The molecule has 1 heterocycles. The van der Waals surface area contributed by atoms with E-state index in [1.54, 1.807) is 18.2 Å². The largest absolute Gasteiger partial charge is 0.493 e. The number of sulfonamides is 2. The van der Waals surface area contributed by atoms with E-state index >= 15 is 0 Å². The molecule has 1 amide bonds. The van der Waals surface area contributed by atoms with Crippen LogP contribution in [-0.4, -0.2) is 53.5 Å². The molecule has 0 aliphatic rings. The summed E-state index contributed by atoms with van der Waals surface area (Å²) >= 11 is 0. The molecule has 0 atom stereocenters. The Labute approximate surface area is 244 Å². The fourth-order valence-electron chi connectivity index (χ4n) is 4.09. The number of nitrogens with zero attached hydrogens (tertiary/aromatic N) is 3. The molecule has 0 aliphatic carbocycles. The van der Waals surface area contributed by atoms with E-state index in [1.807, 2.05) is 19.9 Å². The van der Waals surface area contributed by atoms with Crippen molar-refractivity contribution in [2.75, 3.05) is 35.1 Å². The van der Waals surface area contributed by atoms with Crippen LogP contribution in [0.4, 0.5) is 17.3 Å². The quantitative estimate of drug-likeness (QED) is 0.258. The van der Waals surface area contributed by atoms with E-state index in [2.05, 4.69) is 20.0 Å². The Bertz CT molecular complexity index is 1780. The number of hydrogen-bond acceptors (Lipinski definition) is 9. The fraction of sp³-hybridized carbons (Fsp3) is 0.179. The summed E-state index contributed by atoms with van der Waals surface area (Å²) in [5, 5.41) is 2.63. The highest BCUT2D eigenvalue weighted by molar-refractivity contribution is 7.93. The first-order valence-electron chi connectivity index (χ1n) is 12.5. The smallest absolute Gasteiger partial charge is 0.264 e. The van der Waals surface area contributed by atoms with Gasteiger partial charge in [0.15, 0.2) is 11.5 Å². The van der Waals surface area contributed by atoms with E-state index < -0.39 is 32.5 Å².